The third-order valence-corrected chi connectivity index (χ3v) is 3.39. The maximum atomic E-state index is 12.6. The smallest absolute Gasteiger partial charge is 0.267 e. The van der Waals surface area contributed by atoms with E-state index in [1.54, 1.807) is 11.8 Å². The highest BCUT2D eigenvalue weighted by Crippen LogP contribution is 2.21. The summed E-state index contributed by atoms with van der Waals surface area (Å²) in [6.45, 7) is 6.38. The topological polar surface area (TPSA) is 29.5 Å². The Balaban J connectivity index is 2.15. The van der Waals surface area contributed by atoms with Crippen LogP contribution in [0.25, 0.3) is 0 Å². The lowest BCUT2D eigenvalue weighted by Gasteiger charge is -2.26. The second-order valence-electron chi connectivity index (χ2n) is 4.94. The molecule has 0 bridgehead atoms. The molecule has 0 aromatic heterocycles. The van der Waals surface area contributed by atoms with Crippen molar-refractivity contribution in [3.05, 3.63) is 60.2 Å². The van der Waals surface area contributed by atoms with E-state index in [0.29, 0.717) is 12.3 Å². The van der Waals surface area contributed by atoms with E-state index >= 15 is 0 Å². The van der Waals surface area contributed by atoms with Crippen LogP contribution in [0.2, 0.25) is 0 Å². The van der Waals surface area contributed by atoms with Crippen molar-refractivity contribution in [3.63, 3.8) is 0 Å². The number of nitrogens with zero attached hydrogens (tertiary/aromatic N) is 1. The Morgan fingerprint density at radius 3 is 2.33 bits per heavy atom. The first-order valence-corrected chi connectivity index (χ1v) is 7.22. The van der Waals surface area contributed by atoms with E-state index in [2.05, 4.69) is 0 Å². The van der Waals surface area contributed by atoms with Crippen LogP contribution in [-0.4, -0.2) is 18.6 Å². The Morgan fingerprint density at radius 1 is 1.10 bits per heavy atom. The van der Waals surface area contributed by atoms with Crippen LogP contribution < -0.4 is 9.64 Å². The molecular weight excluding hydrogens is 262 g/mol. The monoisotopic (exact) mass is 283 g/mol. The van der Waals surface area contributed by atoms with Crippen LogP contribution in [0.15, 0.2) is 54.6 Å². The first kappa shape index (κ1) is 15.1. The summed E-state index contributed by atoms with van der Waals surface area (Å²) in [4.78, 5) is 14.4. The van der Waals surface area contributed by atoms with Crippen molar-refractivity contribution < 1.29 is 9.53 Å². The second-order valence-corrected chi connectivity index (χ2v) is 4.94. The molecule has 0 saturated carbocycles. The number of para-hydroxylation sites is 2. The van der Waals surface area contributed by atoms with Gasteiger partial charge in [0.05, 0.1) is 0 Å². The van der Waals surface area contributed by atoms with Gasteiger partial charge in [-0.15, -0.1) is 0 Å². The van der Waals surface area contributed by atoms with E-state index in [9.17, 15) is 4.79 Å². The van der Waals surface area contributed by atoms with Crippen LogP contribution in [0.1, 0.15) is 19.4 Å². The van der Waals surface area contributed by atoms with E-state index in [1.165, 1.54) is 0 Å². The highest BCUT2D eigenvalue weighted by atomic mass is 16.5. The van der Waals surface area contributed by atoms with Crippen molar-refractivity contribution in [2.24, 2.45) is 0 Å². The fourth-order valence-electron chi connectivity index (χ4n) is 2.28. The van der Waals surface area contributed by atoms with Gasteiger partial charge in [0, 0.05) is 12.2 Å². The molecule has 0 aliphatic heterocycles. The van der Waals surface area contributed by atoms with Crippen LogP contribution in [0, 0.1) is 6.92 Å². The molecule has 1 atom stereocenters. The number of likely N-dealkylation sites (N-methyl/N-ethyl adjacent to an activating group) is 1. The van der Waals surface area contributed by atoms with Crippen molar-refractivity contribution in [2.45, 2.75) is 26.9 Å². The predicted molar refractivity (Wildman–Crippen MR) is 85.7 cm³/mol. The molecule has 0 radical (unpaired) electrons. The summed E-state index contributed by atoms with van der Waals surface area (Å²) in [6.07, 6.45) is -0.521. The number of ether oxygens (including phenoxy) is 1. The molecule has 2 rings (SSSR count). The number of hydrogen-bond donors (Lipinski definition) is 0. The molecule has 3 nitrogen and oxygen atoms in total. The third kappa shape index (κ3) is 3.63. The molecule has 0 saturated heterocycles. The Labute approximate surface area is 126 Å². The zero-order valence-corrected chi connectivity index (χ0v) is 12.7. The summed E-state index contributed by atoms with van der Waals surface area (Å²) in [6, 6.07) is 17.3. The van der Waals surface area contributed by atoms with Crippen molar-refractivity contribution in [1.29, 1.82) is 0 Å². The van der Waals surface area contributed by atoms with Crippen LogP contribution in [0.4, 0.5) is 5.69 Å². The van der Waals surface area contributed by atoms with Crippen molar-refractivity contribution >= 4 is 11.6 Å². The third-order valence-electron chi connectivity index (χ3n) is 3.39. The minimum absolute atomic E-state index is 0.0318. The number of rotatable bonds is 5. The van der Waals surface area contributed by atoms with Gasteiger partial charge in [-0.05, 0) is 44.5 Å². The summed E-state index contributed by atoms with van der Waals surface area (Å²) < 4.78 is 5.73. The minimum Gasteiger partial charge on any atom is -0.481 e. The predicted octanol–water partition coefficient (Wildman–Crippen LogP) is 3.82. The quantitative estimate of drug-likeness (QED) is 0.835. The number of carbonyl (C=O) groups is 1. The SMILES string of the molecule is CCN(C(=O)[C@H](C)Oc1ccccc1)c1ccccc1C. The Morgan fingerprint density at radius 2 is 1.71 bits per heavy atom. The zero-order chi connectivity index (χ0) is 15.2. The fraction of sp³-hybridized carbons (Fsp3) is 0.278. The van der Waals surface area contributed by atoms with E-state index in [-0.39, 0.29) is 5.91 Å². The Bertz CT molecular complexity index is 595. The van der Waals surface area contributed by atoms with Gasteiger partial charge in [0.25, 0.3) is 5.91 Å². The Kier molecular flexibility index (Phi) is 4.99. The molecule has 0 fully saturated rings. The van der Waals surface area contributed by atoms with Gasteiger partial charge in [-0.25, -0.2) is 0 Å². The molecule has 2 aromatic carbocycles. The van der Waals surface area contributed by atoms with Crippen LogP contribution in [-0.2, 0) is 4.79 Å². The summed E-state index contributed by atoms with van der Waals surface area (Å²) in [5, 5.41) is 0. The maximum absolute atomic E-state index is 12.6. The highest BCUT2D eigenvalue weighted by Gasteiger charge is 2.23. The molecule has 0 heterocycles. The number of carbonyl (C=O) groups excluding carboxylic acids is 1. The van der Waals surface area contributed by atoms with Gasteiger partial charge >= 0.3 is 0 Å². The largest absolute Gasteiger partial charge is 0.481 e. The summed E-state index contributed by atoms with van der Waals surface area (Å²) >= 11 is 0. The van der Waals surface area contributed by atoms with Crippen LogP contribution in [0.3, 0.4) is 0 Å². The van der Waals surface area contributed by atoms with Gasteiger partial charge in [0.15, 0.2) is 6.10 Å². The van der Waals surface area contributed by atoms with Gasteiger partial charge < -0.3 is 9.64 Å². The number of aryl methyl sites for hydroxylation is 1. The molecule has 0 spiro atoms. The number of hydrogen-bond acceptors (Lipinski definition) is 2. The average molecular weight is 283 g/mol. The molecule has 0 N–H and O–H groups in total. The van der Waals surface area contributed by atoms with Gasteiger partial charge in [0.1, 0.15) is 5.75 Å². The molecular formula is C18H21NO2. The molecule has 21 heavy (non-hydrogen) atoms. The minimum atomic E-state index is -0.521. The molecule has 1 amide bonds. The molecule has 0 aliphatic rings. The highest BCUT2D eigenvalue weighted by molar-refractivity contribution is 5.97. The van der Waals surface area contributed by atoms with Gasteiger partial charge in [-0.3, -0.25) is 4.79 Å². The maximum Gasteiger partial charge on any atom is 0.267 e. The summed E-state index contributed by atoms with van der Waals surface area (Å²) in [5.41, 5.74) is 2.02. The first-order valence-electron chi connectivity index (χ1n) is 7.22. The Hall–Kier alpha value is -2.29. The van der Waals surface area contributed by atoms with Gasteiger partial charge in [0.2, 0.25) is 0 Å². The molecule has 0 unspecified atom stereocenters. The molecule has 110 valence electrons. The molecule has 0 aliphatic carbocycles. The summed E-state index contributed by atoms with van der Waals surface area (Å²) in [7, 11) is 0. The zero-order valence-electron chi connectivity index (χ0n) is 12.7. The van der Waals surface area contributed by atoms with E-state index in [4.69, 9.17) is 4.74 Å². The van der Waals surface area contributed by atoms with E-state index in [0.717, 1.165) is 11.3 Å². The molecule has 2 aromatic rings. The van der Waals surface area contributed by atoms with Crippen molar-refractivity contribution in [2.75, 3.05) is 11.4 Å². The number of anilines is 1. The van der Waals surface area contributed by atoms with Gasteiger partial charge in [-0.1, -0.05) is 36.4 Å². The lowest BCUT2D eigenvalue weighted by atomic mass is 10.1. The average Bonchev–Trinajstić information content (AvgIpc) is 2.50. The fourth-order valence-corrected chi connectivity index (χ4v) is 2.28. The lowest BCUT2D eigenvalue weighted by Crippen LogP contribution is -2.40. The van der Waals surface area contributed by atoms with E-state index in [1.807, 2.05) is 68.4 Å². The van der Waals surface area contributed by atoms with Gasteiger partial charge in [-0.2, -0.15) is 0 Å². The second kappa shape index (κ2) is 6.93. The van der Waals surface area contributed by atoms with Crippen LogP contribution >= 0.6 is 0 Å². The first-order chi connectivity index (χ1) is 10.1. The van der Waals surface area contributed by atoms with E-state index < -0.39 is 6.10 Å². The number of benzene rings is 2. The van der Waals surface area contributed by atoms with Crippen molar-refractivity contribution in [1.82, 2.24) is 0 Å². The normalized spacial score (nSPS) is 11.8. The number of amides is 1. The standard InChI is InChI=1S/C18H21NO2/c1-4-19(17-13-9-8-10-14(17)2)18(20)15(3)21-16-11-6-5-7-12-16/h5-13,15H,4H2,1-3H3/t15-/m0/s1. The van der Waals surface area contributed by atoms with Crippen LogP contribution in [0.5, 0.6) is 5.75 Å². The molecule has 3 heteroatoms. The lowest BCUT2D eigenvalue weighted by molar-refractivity contribution is -0.124. The summed E-state index contributed by atoms with van der Waals surface area (Å²) in [5.74, 6) is 0.676. The van der Waals surface area contributed by atoms with Crippen molar-refractivity contribution in [3.8, 4) is 5.75 Å².